The van der Waals surface area contributed by atoms with Crippen LogP contribution >= 0.6 is 0 Å². The summed E-state index contributed by atoms with van der Waals surface area (Å²) in [5.74, 6) is 1.01. The van der Waals surface area contributed by atoms with Gasteiger partial charge in [0.2, 0.25) is 5.95 Å². The predicted molar refractivity (Wildman–Crippen MR) is 66.7 cm³/mol. The molecule has 1 saturated carbocycles. The van der Waals surface area contributed by atoms with Crippen LogP contribution in [0.3, 0.4) is 0 Å². The van der Waals surface area contributed by atoms with Crippen LogP contribution in [0.4, 0.5) is 5.95 Å². The molecule has 1 aromatic heterocycles. The van der Waals surface area contributed by atoms with E-state index in [1.54, 1.807) is 0 Å². The molecule has 4 heteroatoms. The lowest BCUT2D eigenvalue weighted by atomic mass is 10.5. The highest BCUT2D eigenvalue weighted by atomic mass is 15.2. The minimum atomic E-state index is 0.845. The summed E-state index contributed by atoms with van der Waals surface area (Å²) < 4.78 is 2.18. The Labute approximate surface area is 97.7 Å². The van der Waals surface area contributed by atoms with Gasteiger partial charge in [0.1, 0.15) is 0 Å². The Morgan fingerprint density at radius 3 is 3.06 bits per heavy atom. The predicted octanol–water partition coefficient (Wildman–Crippen LogP) is 1.80. The zero-order valence-electron chi connectivity index (χ0n) is 10.3. The van der Waals surface area contributed by atoms with Crippen molar-refractivity contribution in [1.82, 2.24) is 14.5 Å². The minimum Gasteiger partial charge on any atom is -0.354 e. The van der Waals surface area contributed by atoms with E-state index >= 15 is 0 Å². The lowest BCUT2D eigenvalue weighted by Gasteiger charge is -2.16. The maximum Gasteiger partial charge on any atom is 0.202 e. The quantitative estimate of drug-likeness (QED) is 0.763. The first-order valence-corrected chi connectivity index (χ1v) is 6.26. The molecule has 0 atom stereocenters. The number of imidazole rings is 1. The van der Waals surface area contributed by atoms with Crippen molar-refractivity contribution in [2.24, 2.45) is 0 Å². The summed E-state index contributed by atoms with van der Waals surface area (Å²) in [6, 6.07) is 0.845. The molecule has 1 fully saturated rings. The number of rotatable bonds is 7. The Bertz CT molecular complexity index is 317. The summed E-state index contributed by atoms with van der Waals surface area (Å²) in [5, 5.41) is 3.40. The van der Waals surface area contributed by atoms with Gasteiger partial charge in [-0.1, -0.05) is 6.92 Å². The second kappa shape index (κ2) is 5.34. The van der Waals surface area contributed by atoms with Crippen molar-refractivity contribution in [3.63, 3.8) is 0 Å². The molecule has 1 aliphatic rings. The van der Waals surface area contributed by atoms with Crippen molar-refractivity contribution in [3.05, 3.63) is 12.4 Å². The minimum absolute atomic E-state index is 0.845. The average Bonchev–Trinajstić information content (AvgIpc) is 3.03. The molecule has 0 saturated heterocycles. The second-order valence-electron chi connectivity index (χ2n) is 4.58. The Hall–Kier alpha value is -1.03. The van der Waals surface area contributed by atoms with E-state index in [1.165, 1.54) is 12.8 Å². The van der Waals surface area contributed by atoms with Gasteiger partial charge in [0.25, 0.3) is 0 Å². The van der Waals surface area contributed by atoms with Gasteiger partial charge in [-0.25, -0.2) is 4.98 Å². The van der Waals surface area contributed by atoms with Crippen LogP contribution in [0.1, 0.15) is 26.2 Å². The van der Waals surface area contributed by atoms with Gasteiger partial charge in [-0.05, 0) is 26.3 Å². The van der Waals surface area contributed by atoms with E-state index in [0.29, 0.717) is 0 Å². The Balaban J connectivity index is 1.73. The largest absolute Gasteiger partial charge is 0.354 e. The molecule has 0 unspecified atom stereocenters. The van der Waals surface area contributed by atoms with Crippen molar-refractivity contribution in [3.8, 4) is 0 Å². The number of nitrogens with one attached hydrogen (secondary N) is 1. The summed E-state index contributed by atoms with van der Waals surface area (Å²) >= 11 is 0. The average molecular weight is 222 g/mol. The van der Waals surface area contributed by atoms with E-state index in [4.69, 9.17) is 0 Å². The zero-order valence-corrected chi connectivity index (χ0v) is 10.3. The molecule has 1 N–H and O–H groups in total. The van der Waals surface area contributed by atoms with Crippen LogP contribution in [-0.2, 0) is 6.54 Å². The number of aryl methyl sites for hydroxylation is 1. The third kappa shape index (κ3) is 2.98. The van der Waals surface area contributed by atoms with E-state index < -0.39 is 0 Å². The molecule has 0 aliphatic heterocycles. The summed E-state index contributed by atoms with van der Waals surface area (Å²) in [4.78, 5) is 6.76. The van der Waals surface area contributed by atoms with E-state index in [-0.39, 0.29) is 0 Å². The zero-order chi connectivity index (χ0) is 11.4. The molecule has 0 aromatic carbocycles. The van der Waals surface area contributed by atoms with Crippen molar-refractivity contribution in [2.45, 2.75) is 38.8 Å². The van der Waals surface area contributed by atoms with E-state index in [1.807, 2.05) is 12.4 Å². The maximum atomic E-state index is 4.33. The fraction of sp³-hybridized carbons (Fsp3) is 0.750. The SMILES string of the molecule is CCCn1ccnc1NCCN(C)C1CC1. The number of hydrogen-bond donors (Lipinski definition) is 1. The number of likely N-dealkylation sites (N-methyl/N-ethyl adjacent to an activating group) is 1. The summed E-state index contributed by atoms with van der Waals surface area (Å²) in [7, 11) is 2.21. The smallest absolute Gasteiger partial charge is 0.202 e. The van der Waals surface area contributed by atoms with Crippen LogP contribution in [0.15, 0.2) is 12.4 Å². The normalized spacial score (nSPS) is 15.7. The van der Waals surface area contributed by atoms with Crippen molar-refractivity contribution < 1.29 is 0 Å². The van der Waals surface area contributed by atoms with Gasteiger partial charge >= 0.3 is 0 Å². The molecule has 4 nitrogen and oxygen atoms in total. The molecule has 1 aliphatic carbocycles. The van der Waals surface area contributed by atoms with Crippen LogP contribution in [0, 0.1) is 0 Å². The van der Waals surface area contributed by atoms with Gasteiger partial charge in [-0.3, -0.25) is 0 Å². The van der Waals surface area contributed by atoms with Gasteiger partial charge in [-0.2, -0.15) is 0 Å². The fourth-order valence-electron chi connectivity index (χ4n) is 1.94. The Kier molecular flexibility index (Phi) is 3.83. The van der Waals surface area contributed by atoms with Gasteiger partial charge in [-0.15, -0.1) is 0 Å². The topological polar surface area (TPSA) is 33.1 Å². The molecule has 0 bridgehead atoms. The lowest BCUT2D eigenvalue weighted by molar-refractivity contribution is 0.337. The monoisotopic (exact) mass is 222 g/mol. The highest BCUT2D eigenvalue weighted by molar-refractivity contribution is 5.25. The number of nitrogens with zero attached hydrogens (tertiary/aromatic N) is 3. The van der Waals surface area contributed by atoms with Crippen molar-refractivity contribution in [2.75, 3.05) is 25.5 Å². The lowest BCUT2D eigenvalue weighted by Crippen LogP contribution is -2.27. The maximum absolute atomic E-state index is 4.33. The molecular weight excluding hydrogens is 200 g/mol. The van der Waals surface area contributed by atoms with Crippen LogP contribution in [-0.4, -0.2) is 40.6 Å². The summed E-state index contributed by atoms with van der Waals surface area (Å²) in [5.41, 5.74) is 0. The summed E-state index contributed by atoms with van der Waals surface area (Å²) in [6.07, 6.45) is 7.80. The number of anilines is 1. The molecule has 0 spiro atoms. The third-order valence-corrected chi connectivity index (χ3v) is 3.10. The number of aromatic nitrogens is 2. The highest BCUT2D eigenvalue weighted by Gasteiger charge is 2.25. The molecule has 1 heterocycles. The van der Waals surface area contributed by atoms with E-state index in [0.717, 1.165) is 38.0 Å². The van der Waals surface area contributed by atoms with Crippen LogP contribution in [0.5, 0.6) is 0 Å². The van der Waals surface area contributed by atoms with Crippen molar-refractivity contribution in [1.29, 1.82) is 0 Å². The molecule has 90 valence electrons. The summed E-state index contributed by atoms with van der Waals surface area (Å²) in [6.45, 7) is 5.31. The fourth-order valence-corrected chi connectivity index (χ4v) is 1.94. The van der Waals surface area contributed by atoms with Gasteiger partial charge < -0.3 is 14.8 Å². The highest BCUT2D eigenvalue weighted by Crippen LogP contribution is 2.24. The number of hydrogen-bond acceptors (Lipinski definition) is 3. The third-order valence-electron chi connectivity index (χ3n) is 3.10. The van der Waals surface area contributed by atoms with Gasteiger partial charge in [0, 0.05) is 38.1 Å². The van der Waals surface area contributed by atoms with E-state index in [9.17, 15) is 0 Å². The molecule has 0 radical (unpaired) electrons. The van der Waals surface area contributed by atoms with Gasteiger partial charge in [0.05, 0.1) is 0 Å². The first kappa shape index (κ1) is 11.5. The first-order chi connectivity index (χ1) is 7.81. The standard InChI is InChI=1S/C12H22N4/c1-3-8-16-10-7-14-12(16)13-6-9-15(2)11-4-5-11/h7,10-11H,3-6,8-9H2,1-2H3,(H,13,14). The first-order valence-electron chi connectivity index (χ1n) is 6.26. The molecule has 16 heavy (non-hydrogen) atoms. The van der Waals surface area contributed by atoms with Crippen LogP contribution in [0.2, 0.25) is 0 Å². The Morgan fingerprint density at radius 2 is 2.38 bits per heavy atom. The Morgan fingerprint density at radius 1 is 1.56 bits per heavy atom. The van der Waals surface area contributed by atoms with Crippen molar-refractivity contribution >= 4 is 5.95 Å². The second-order valence-corrected chi connectivity index (χ2v) is 4.58. The van der Waals surface area contributed by atoms with Crippen LogP contribution < -0.4 is 5.32 Å². The molecule has 0 amide bonds. The molecular formula is C12H22N4. The van der Waals surface area contributed by atoms with Gasteiger partial charge in [0.15, 0.2) is 0 Å². The van der Waals surface area contributed by atoms with E-state index in [2.05, 4.69) is 33.7 Å². The molecule has 2 rings (SSSR count). The molecule has 1 aromatic rings. The van der Waals surface area contributed by atoms with Crippen LogP contribution in [0.25, 0.3) is 0 Å².